The summed E-state index contributed by atoms with van der Waals surface area (Å²) in [6.07, 6.45) is 3.36. The number of halogens is 2. The highest BCUT2D eigenvalue weighted by Gasteiger charge is 2.24. The van der Waals surface area contributed by atoms with E-state index in [1.165, 1.54) is 12.4 Å². The Morgan fingerprint density at radius 3 is 1.56 bits per heavy atom. The van der Waals surface area contributed by atoms with Crippen LogP contribution in [0.4, 0.5) is 0 Å². The van der Waals surface area contributed by atoms with Crippen molar-refractivity contribution in [3.8, 4) is 0 Å². The first kappa shape index (κ1) is 21.0. The van der Waals surface area contributed by atoms with Gasteiger partial charge in [0.05, 0.1) is 12.4 Å². The van der Waals surface area contributed by atoms with E-state index in [2.05, 4.69) is 52.9 Å². The van der Waals surface area contributed by atoms with Crippen molar-refractivity contribution in [1.82, 2.24) is 10.9 Å². The van der Waals surface area contributed by atoms with Crippen molar-refractivity contribution in [2.24, 2.45) is 16.1 Å². The topological polar surface area (TPSA) is 82.9 Å². The zero-order valence-corrected chi connectivity index (χ0v) is 17.7. The number of carbonyl (C=O) groups is 2. The molecule has 0 spiro atoms. The summed E-state index contributed by atoms with van der Waals surface area (Å²) >= 11 is 6.70. The molecule has 0 bridgehead atoms. The smallest absolute Gasteiger partial charge is 0.252 e. The van der Waals surface area contributed by atoms with E-state index in [4.69, 9.17) is 0 Å². The van der Waals surface area contributed by atoms with Crippen molar-refractivity contribution in [2.45, 2.75) is 13.3 Å². The minimum atomic E-state index is -0.880. The van der Waals surface area contributed by atoms with Crippen LogP contribution in [-0.2, 0) is 9.59 Å². The van der Waals surface area contributed by atoms with E-state index < -0.39 is 17.7 Å². The van der Waals surface area contributed by atoms with Crippen molar-refractivity contribution in [2.75, 3.05) is 0 Å². The van der Waals surface area contributed by atoms with Crippen LogP contribution in [0, 0.1) is 5.92 Å². The molecule has 0 saturated carbocycles. The third-order valence-electron chi connectivity index (χ3n) is 3.56. The molecule has 0 atom stereocenters. The van der Waals surface area contributed by atoms with Gasteiger partial charge in [0.2, 0.25) is 0 Å². The number of hydrogen-bond donors (Lipinski definition) is 2. The van der Waals surface area contributed by atoms with Crippen LogP contribution in [0.5, 0.6) is 0 Å². The molecule has 0 aliphatic heterocycles. The lowest BCUT2D eigenvalue weighted by Crippen LogP contribution is -2.37. The maximum Gasteiger partial charge on any atom is 0.252 e. The third-order valence-corrected chi connectivity index (χ3v) is 4.62. The second-order valence-electron chi connectivity index (χ2n) is 5.53. The number of hydrogen-bond acceptors (Lipinski definition) is 4. The van der Waals surface area contributed by atoms with E-state index in [-0.39, 0.29) is 0 Å². The molecule has 27 heavy (non-hydrogen) atoms. The predicted octanol–water partition coefficient (Wildman–Crippen LogP) is 3.84. The average molecular weight is 494 g/mol. The van der Waals surface area contributed by atoms with Crippen LogP contribution in [0.25, 0.3) is 0 Å². The first-order valence-corrected chi connectivity index (χ1v) is 9.75. The van der Waals surface area contributed by atoms with E-state index in [0.29, 0.717) is 6.42 Å². The minimum absolute atomic E-state index is 0.333. The number of hydrazone groups is 2. The lowest BCUT2D eigenvalue weighted by Gasteiger charge is -2.10. The molecular formula is C19H18Br2N4O2. The maximum absolute atomic E-state index is 12.2. The number of amides is 2. The number of benzene rings is 2. The van der Waals surface area contributed by atoms with Gasteiger partial charge in [0.1, 0.15) is 5.92 Å². The summed E-state index contributed by atoms with van der Waals surface area (Å²) < 4.78 is 1.91. The van der Waals surface area contributed by atoms with Gasteiger partial charge in [0, 0.05) is 8.95 Å². The molecule has 2 aromatic rings. The van der Waals surface area contributed by atoms with Crippen LogP contribution in [0.15, 0.2) is 67.7 Å². The summed E-state index contributed by atoms with van der Waals surface area (Å²) in [5, 5.41) is 7.79. The maximum atomic E-state index is 12.2. The SMILES string of the molecule is CCC(C(=O)N/N=C\c1ccc(Br)cc1)C(=O)N/N=C\c1ccc(Br)cc1. The largest absolute Gasteiger partial charge is 0.272 e. The highest BCUT2D eigenvalue weighted by Crippen LogP contribution is 2.10. The highest BCUT2D eigenvalue weighted by atomic mass is 79.9. The summed E-state index contributed by atoms with van der Waals surface area (Å²) in [7, 11) is 0. The Morgan fingerprint density at radius 1 is 0.852 bits per heavy atom. The van der Waals surface area contributed by atoms with Gasteiger partial charge in [-0.2, -0.15) is 10.2 Å². The quantitative estimate of drug-likeness (QED) is 0.349. The molecule has 0 aliphatic rings. The number of nitrogens with one attached hydrogen (secondary N) is 2. The van der Waals surface area contributed by atoms with E-state index in [1.54, 1.807) is 6.92 Å². The van der Waals surface area contributed by atoms with Gasteiger partial charge < -0.3 is 0 Å². The Kier molecular flexibility index (Phi) is 8.35. The Hall–Kier alpha value is -2.32. The van der Waals surface area contributed by atoms with Gasteiger partial charge in [-0.05, 0) is 41.8 Å². The van der Waals surface area contributed by atoms with Crippen LogP contribution < -0.4 is 10.9 Å². The first-order chi connectivity index (χ1) is 13.0. The Labute approximate surface area is 174 Å². The highest BCUT2D eigenvalue weighted by molar-refractivity contribution is 9.10. The second kappa shape index (κ2) is 10.7. The Balaban J connectivity index is 1.87. The zero-order chi connectivity index (χ0) is 19.6. The van der Waals surface area contributed by atoms with Gasteiger partial charge >= 0.3 is 0 Å². The van der Waals surface area contributed by atoms with E-state index in [1.807, 2.05) is 48.5 Å². The van der Waals surface area contributed by atoms with Crippen LogP contribution in [0.1, 0.15) is 24.5 Å². The molecule has 2 aromatic carbocycles. The molecule has 8 heteroatoms. The summed E-state index contributed by atoms with van der Waals surface area (Å²) in [5.74, 6) is -1.85. The molecule has 0 heterocycles. The third kappa shape index (κ3) is 7.07. The second-order valence-corrected chi connectivity index (χ2v) is 7.36. The summed E-state index contributed by atoms with van der Waals surface area (Å²) in [4.78, 5) is 24.4. The minimum Gasteiger partial charge on any atom is -0.272 e. The lowest BCUT2D eigenvalue weighted by atomic mass is 10.1. The van der Waals surface area contributed by atoms with Gasteiger partial charge in [0.15, 0.2) is 0 Å². The molecule has 0 fully saturated rings. The van der Waals surface area contributed by atoms with Gasteiger partial charge in [0.25, 0.3) is 11.8 Å². The molecule has 2 rings (SSSR count). The number of nitrogens with zero attached hydrogens (tertiary/aromatic N) is 2. The van der Waals surface area contributed by atoms with E-state index in [9.17, 15) is 9.59 Å². The molecule has 6 nitrogen and oxygen atoms in total. The standard InChI is InChI=1S/C19H18Br2N4O2/c1-2-17(18(26)24-22-11-13-3-7-15(20)8-4-13)19(27)25-23-12-14-5-9-16(21)10-6-14/h3-12,17H,2H2,1H3,(H,24,26)(H,25,27)/b22-11-,23-12-. The fourth-order valence-electron chi connectivity index (χ4n) is 2.08. The number of rotatable bonds is 7. The molecule has 140 valence electrons. The fourth-order valence-corrected chi connectivity index (χ4v) is 2.61. The number of carbonyl (C=O) groups excluding carboxylic acids is 2. The molecule has 2 N–H and O–H groups in total. The molecule has 0 aromatic heterocycles. The predicted molar refractivity (Wildman–Crippen MR) is 114 cm³/mol. The van der Waals surface area contributed by atoms with Crippen molar-refractivity contribution in [1.29, 1.82) is 0 Å². The molecular weight excluding hydrogens is 476 g/mol. The van der Waals surface area contributed by atoms with Gasteiger partial charge in [-0.25, -0.2) is 10.9 Å². The van der Waals surface area contributed by atoms with Gasteiger partial charge in [-0.15, -0.1) is 0 Å². The molecule has 0 radical (unpaired) electrons. The molecule has 0 aliphatic carbocycles. The monoisotopic (exact) mass is 492 g/mol. The van der Waals surface area contributed by atoms with Gasteiger partial charge in [-0.3, -0.25) is 9.59 Å². The van der Waals surface area contributed by atoms with Gasteiger partial charge in [-0.1, -0.05) is 63.0 Å². The average Bonchev–Trinajstić information content (AvgIpc) is 2.65. The van der Waals surface area contributed by atoms with Crippen molar-refractivity contribution < 1.29 is 9.59 Å². The summed E-state index contributed by atoms with van der Waals surface area (Å²) in [6.45, 7) is 1.75. The van der Waals surface area contributed by atoms with Crippen molar-refractivity contribution in [3.05, 3.63) is 68.6 Å². The normalized spacial score (nSPS) is 11.3. The Bertz CT molecular complexity index is 764. The summed E-state index contributed by atoms with van der Waals surface area (Å²) in [5.41, 5.74) is 6.44. The molecule has 0 saturated heterocycles. The van der Waals surface area contributed by atoms with E-state index in [0.717, 1.165) is 20.1 Å². The van der Waals surface area contributed by atoms with Crippen molar-refractivity contribution >= 4 is 56.1 Å². The van der Waals surface area contributed by atoms with Crippen molar-refractivity contribution in [3.63, 3.8) is 0 Å². The fraction of sp³-hybridized carbons (Fsp3) is 0.158. The van der Waals surface area contributed by atoms with Crippen LogP contribution in [0.3, 0.4) is 0 Å². The zero-order valence-electron chi connectivity index (χ0n) is 14.5. The first-order valence-electron chi connectivity index (χ1n) is 8.16. The van der Waals surface area contributed by atoms with Crippen LogP contribution in [-0.4, -0.2) is 24.2 Å². The summed E-state index contributed by atoms with van der Waals surface area (Å²) in [6, 6.07) is 14.9. The Morgan fingerprint density at radius 2 is 1.22 bits per heavy atom. The van der Waals surface area contributed by atoms with E-state index >= 15 is 0 Å². The lowest BCUT2D eigenvalue weighted by molar-refractivity contribution is -0.135. The van der Waals surface area contributed by atoms with Crippen LogP contribution in [0.2, 0.25) is 0 Å². The molecule has 2 amide bonds. The molecule has 0 unspecified atom stereocenters. The van der Waals surface area contributed by atoms with Crippen LogP contribution >= 0.6 is 31.9 Å².